The largest absolute Gasteiger partial charge is 0.305 e. The van der Waals surface area contributed by atoms with Crippen molar-refractivity contribution in [1.29, 1.82) is 0 Å². The lowest BCUT2D eigenvalue weighted by atomic mass is 9.71. The molecule has 18 heavy (non-hydrogen) atoms. The molecule has 0 aliphatic carbocycles. The molecule has 1 aliphatic heterocycles. The van der Waals surface area contributed by atoms with Crippen molar-refractivity contribution in [2.45, 2.75) is 103 Å². The van der Waals surface area contributed by atoms with E-state index in [1.54, 1.807) is 0 Å². The van der Waals surface area contributed by atoms with Crippen LogP contribution in [-0.4, -0.2) is 23.2 Å². The summed E-state index contributed by atoms with van der Waals surface area (Å²) in [7, 11) is 0. The third-order valence-corrected chi connectivity index (χ3v) is 5.60. The molecular formula is C16H34N2. The van der Waals surface area contributed by atoms with Gasteiger partial charge in [-0.05, 0) is 38.5 Å². The number of nitrogens with one attached hydrogen (secondary N) is 2. The fraction of sp³-hybridized carbons (Fsp3) is 1.00. The molecule has 2 N–H and O–H groups in total. The zero-order valence-corrected chi connectivity index (χ0v) is 13.4. The summed E-state index contributed by atoms with van der Waals surface area (Å²) in [6, 6.07) is 1.21. The maximum atomic E-state index is 4.05. The second kappa shape index (κ2) is 6.38. The molecule has 1 heterocycles. The lowest BCUT2D eigenvalue weighted by Gasteiger charge is -2.57. The number of hydrogen-bond donors (Lipinski definition) is 2. The van der Waals surface area contributed by atoms with Crippen molar-refractivity contribution in [1.82, 2.24) is 10.6 Å². The summed E-state index contributed by atoms with van der Waals surface area (Å²) in [6.07, 6.45) is 7.30. The van der Waals surface area contributed by atoms with Crippen molar-refractivity contribution in [3.63, 3.8) is 0 Å². The molecule has 0 aromatic heterocycles. The highest BCUT2D eigenvalue weighted by Gasteiger charge is 2.49. The highest BCUT2D eigenvalue weighted by atomic mass is 15.2. The number of rotatable bonds is 6. The molecule has 108 valence electrons. The molecule has 2 unspecified atom stereocenters. The Morgan fingerprint density at radius 2 is 0.889 bits per heavy atom. The van der Waals surface area contributed by atoms with Crippen molar-refractivity contribution in [3.8, 4) is 0 Å². The monoisotopic (exact) mass is 254 g/mol. The van der Waals surface area contributed by atoms with Gasteiger partial charge in [0.25, 0.3) is 0 Å². The summed E-state index contributed by atoms with van der Waals surface area (Å²) in [5.41, 5.74) is 0.590. The first-order chi connectivity index (χ1) is 8.57. The third kappa shape index (κ3) is 2.46. The van der Waals surface area contributed by atoms with E-state index in [9.17, 15) is 0 Å². The quantitative estimate of drug-likeness (QED) is 0.752. The van der Waals surface area contributed by atoms with E-state index in [0.717, 1.165) is 0 Å². The summed E-state index contributed by atoms with van der Waals surface area (Å²) >= 11 is 0. The van der Waals surface area contributed by atoms with E-state index in [4.69, 9.17) is 0 Å². The van der Waals surface area contributed by atoms with Crippen LogP contribution in [0.25, 0.3) is 0 Å². The van der Waals surface area contributed by atoms with Gasteiger partial charge in [0.15, 0.2) is 0 Å². The van der Waals surface area contributed by atoms with Crippen LogP contribution in [0, 0.1) is 0 Å². The van der Waals surface area contributed by atoms with Crippen molar-refractivity contribution in [2.24, 2.45) is 0 Å². The first kappa shape index (κ1) is 16.0. The second-order valence-electron chi connectivity index (χ2n) is 5.94. The summed E-state index contributed by atoms with van der Waals surface area (Å²) in [6.45, 7) is 14.0. The maximum absolute atomic E-state index is 4.05. The summed E-state index contributed by atoms with van der Waals surface area (Å²) < 4.78 is 0. The van der Waals surface area contributed by atoms with Gasteiger partial charge < -0.3 is 10.6 Å². The fourth-order valence-electron chi connectivity index (χ4n) is 4.05. The average Bonchev–Trinajstić information content (AvgIpc) is 2.45. The van der Waals surface area contributed by atoms with E-state index in [-0.39, 0.29) is 0 Å². The normalized spacial score (nSPS) is 30.3. The van der Waals surface area contributed by atoms with E-state index in [1.165, 1.54) is 38.5 Å². The predicted molar refractivity (Wildman–Crippen MR) is 81.1 cm³/mol. The average molecular weight is 254 g/mol. The molecule has 0 bridgehead atoms. The third-order valence-electron chi connectivity index (χ3n) is 5.60. The highest BCUT2D eigenvalue weighted by molar-refractivity contribution is 5.12. The first-order valence-electron chi connectivity index (χ1n) is 8.13. The Morgan fingerprint density at radius 3 is 1.06 bits per heavy atom. The minimum absolute atomic E-state index is 0.295. The lowest BCUT2D eigenvalue weighted by Crippen LogP contribution is -2.77. The Morgan fingerprint density at radius 1 is 0.611 bits per heavy atom. The maximum Gasteiger partial charge on any atom is 0.0333 e. The molecule has 0 aromatic carbocycles. The second-order valence-corrected chi connectivity index (χ2v) is 5.94. The van der Waals surface area contributed by atoms with Gasteiger partial charge in [0.05, 0.1) is 0 Å². The Bertz CT molecular complexity index is 215. The molecule has 2 atom stereocenters. The standard InChI is InChI=1S/C16H34N2/c1-7-13-15(9-3,10-4)18-14(8-2)16(11-5,12-6)17-13/h13-14,17-18H,7-12H2,1-6H3. The van der Waals surface area contributed by atoms with Crippen LogP contribution in [0.15, 0.2) is 0 Å². The first-order valence-corrected chi connectivity index (χ1v) is 8.13. The van der Waals surface area contributed by atoms with E-state index in [0.29, 0.717) is 23.2 Å². The molecule has 1 rings (SSSR count). The van der Waals surface area contributed by atoms with Crippen LogP contribution in [0.4, 0.5) is 0 Å². The molecule has 0 spiro atoms. The van der Waals surface area contributed by atoms with Crippen LogP contribution in [0.1, 0.15) is 80.1 Å². The van der Waals surface area contributed by atoms with Crippen LogP contribution in [-0.2, 0) is 0 Å². The molecule has 1 aliphatic rings. The van der Waals surface area contributed by atoms with Crippen molar-refractivity contribution >= 4 is 0 Å². The molecular weight excluding hydrogens is 220 g/mol. The Kier molecular flexibility index (Phi) is 5.67. The minimum Gasteiger partial charge on any atom is -0.305 e. The van der Waals surface area contributed by atoms with Crippen molar-refractivity contribution in [2.75, 3.05) is 0 Å². The SMILES string of the molecule is CCC1NC(CC)(CC)C(CC)NC1(CC)CC. The van der Waals surface area contributed by atoms with Gasteiger partial charge in [-0.25, -0.2) is 0 Å². The van der Waals surface area contributed by atoms with Crippen LogP contribution in [0.5, 0.6) is 0 Å². The van der Waals surface area contributed by atoms with Crippen LogP contribution in [0.3, 0.4) is 0 Å². The molecule has 0 aromatic rings. The number of hydrogen-bond acceptors (Lipinski definition) is 2. The van der Waals surface area contributed by atoms with E-state index in [2.05, 4.69) is 52.2 Å². The van der Waals surface area contributed by atoms with Gasteiger partial charge in [-0.15, -0.1) is 0 Å². The van der Waals surface area contributed by atoms with Gasteiger partial charge in [0.1, 0.15) is 0 Å². The zero-order chi connectivity index (χ0) is 13.8. The number of piperazine rings is 1. The van der Waals surface area contributed by atoms with Crippen molar-refractivity contribution in [3.05, 3.63) is 0 Å². The Hall–Kier alpha value is -0.0800. The molecule has 0 saturated carbocycles. The molecule has 0 amide bonds. The van der Waals surface area contributed by atoms with E-state index in [1.807, 2.05) is 0 Å². The lowest BCUT2D eigenvalue weighted by molar-refractivity contribution is 0.0437. The van der Waals surface area contributed by atoms with Crippen LogP contribution in [0.2, 0.25) is 0 Å². The van der Waals surface area contributed by atoms with Gasteiger partial charge in [-0.1, -0.05) is 41.5 Å². The molecule has 1 saturated heterocycles. The predicted octanol–water partition coefficient (Wildman–Crippen LogP) is 3.85. The zero-order valence-electron chi connectivity index (χ0n) is 13.4. The minimum atomic E-state index is 0.295. The molecule has 0 radical (unpaired) electrons. The smallest absolute Gasteiger partial charge is 0.0333 e. The van der Waals surface area contributed by atoms with Crippen molar-refractivity contribution < 1.29 is 0 Å². The summed E-state index contributed by atoms with van der Waals surface area (Å²) in [5.74, 6) is 0. The van der Waals surface area contributed by atoms with Gasteiger partial charge in [-0.2, -0.15) is 0 Å². The van der Waals surface area contributed by atoms with Gasteiger partial charge >= 0.3 is 0 Å². The summed E-state index contributed by atoms with van der Waals surface area (Å²) in [5, 5.41) is 8.09. The van der Waals surface area contributed by atoms with Gasteiger partial charge in [0.2, 0.25) is 0 Å². The Balaban J connectivity index is 3.06. The topological polar surface area (TPSA) is 24.1 Å². The molecule has 1 fully saturated rings. The molecule has 2 heteroatoms. The molecule has 2 nitrogen and oxygen atoms in total. The fourth-order valence-corrected chi connectivity index (χ4v) is 4.05. The van der Waals surface area contributed by atoms with E-state index >= 15 is 0 Å². The Labute approximate surface area is 114 Å². The van der Waals surface area contributed by atoms with Gasteiger partial charge in [0, 0.05) is 23.2 Å². The van der Waals surface area contributed by atoms with Crippen LogP contribution < -0.4 is 10.6 Å². The highest BCUT2D eigenvalue weighted by Crippen LogP contribution is 2.35. The van der Waals surface area contributed by atoms with Gasteiger partial charge in [-0.3, -0.25) is 0 Å². The van der Waals surface area contributed by atoms with Crippen LogP contribution >= 0.6 is 0 Å². The summed E-state index contributed by atoms with van der Waals surface area (Å²) in [4.78, 5) is 0. The van der Waals surface area contributed by atoms with E-state index < -0.39 is 0 Å².